The average Bonchev–Trinajstić information content (AvgIpc) is 2.65. The zero-order valence-corrected chi connectivity index (χ0v) is 8.88. The molecule has 3 heteroatoms. The summed E-state index contributed by atoms with van der Waals surface area (Å²) in [6, 6.07) is 11.9. The molecule has 0 radical (unpaired) electrons. The molecule has 2 aromatic carbocycles. The van der Waals surface area contributed by atoms with Gasteiger partial charge in [-0.15, -0.1) is 0 Å². The predicted octanol–water partition coefficient (Wildman–Crippen LogP) is 4.28. The average molecular weight is 234 g/mol. The molecule has 0 saturated heterocycles. The molecule has 0 saturated carbocycles. The molecule has 0 bridgehead atoms. The molecule has 0 unspecified atom stereocenters. The Labute approximate surface area is 96.7 Å². The summed E-state index contributed by atoms with van der Waals surface area (Å²) < 4.78 is 38.6. The third-order valence-corrected chi connectivity index (χ3v) is 3.16. The van der Waals surface area contributed by atoms with Crippen molar-refractivity contribution in [3.8, 4) is 11.1 Å². The monoisotopic (exact) mass is 234 g/mol. The van der Waals surface area contributed by atoms with Gasteiger partial charge in [-0.05, 0) is 34.7 Å². The Bertz CT molecular complexity index is 582. The van der Waals surface area contributed by atoms with Crippen LogP contribution in [-0.4, -0.2) is 0 Å². The molecular weight excluding hydrogens is 225 g/mol. The van der Waals surface area contributed by atoms with Crippen molar-refractivity contribution in [3.05, 3.63) is 59.2 Å². The van der Waals surface area contributed by atoms with Crippen LogP contribution in [0.15, 0.2) is 42.5 Å². The van der Waals surface area contributed by atoms with Gasteiger partial charge in [0.1, 0.15) is 0 Å². The fraction of sp³-hybridized carbons (Fsp3) is 0.143. The number of hydrogen-bond donors (Lipinski definition) is 0. The van der Waals surface area contributed by atoms with Gasteiger partial charge >= 0.3 is 6.18 Å². The number of benzene rings is 2. The maximum Gasteiger partial charge on any atom is 0.416 e. The first-order valence-corrected chi connectivity index (χ1v) is 5.35. The first kappa shape index (κ1) is 10.4. The van der Waals surface area contributed by atoms with Gasteiger partial charge in [0, 0.05) is 0 Å². The van der Waals surface area contributed by atoms with E-state index < -0.39 is 11.7 Å². The van der Waals surface area contributed by atoms with Crippen LogP contribution in [0.1, 0.15) is 16.7 Å². The molecule has 3 rings (SSSR count). The van der Waals surface area contributed by atoms with Crippen molar-refractivity contribution in [2.45, 2.75) is 12.6 Å². The van der Waals surface area contributed by atoms with Crippen LogP contribution in [0.5, 0.6) is 0 Å². The highest BCUT2D eigenvalue weighted by molar-refractivity contribution is 5.78. The van der Waals surface area contributed by atoms with Crippen molar-refractivity contribution >= 4 is 0 Å². The smallest absolute Gasteiger partial charge is 0.166 e. The second-order valence-electron chi connectivity index (χ2n) is 4.16. The lowest BCUT2D eigenvalue weighted by atomic mass is 10.0. The Morgan fingerprint density at radius 2 is 1.53 bits per heavy atom. The molecule has 0 atom stereocenters. The van der Waals surface area contributed by atoms with Gasteiger partial charge in [0.2, 0.25) is 0 Å². The maximum absolute atomic E-state index is 12.9. The number of halogens is 3. The second kappa shape index (κ2) is 3.36. The van der Waals surface area contributed by atoms with Crippen molar-refractivity contribution in [3.63, 3.8) is 0 Å². The van der Waals surface area contributed by atoms with Crippen molar-refractivity contribution in [1.82, 2.24) is 0 Å². The van der Waals surface area contributed by atoms with Crippen molar-refractivity contribution < 1.29 is 13.2 Å². The molecule has 17 heavy (non-hydrogen) atoms. The molecule has 0 amide bonds. The topological polar surface area (TPSA) is 0 Å². The minimum Gasteiger partial charge on any atom is -0.166 e. The lowest BCUT2D eigenvalue weighted by Gasteiger charge is -2.11. The van der Waals surface area contributed by atoms with E-state index in [2.05, 4.69) is 0 Å². The molecule has 0 aliphatic heterocycles. The Morgan fingerprint density at radius 3 is 2.29 bits per heavy atom. The van der Waals surface area contributed by atoms with Gasteiger partial charge in [0.15, 0.2) is 0 Å². The van der Waals surface area contributed by atoms with Crippen LogP contribution in [0.25, 0.3) is 11.1 Å². The zero-order valence-electron chi connectivity index (χ0n) is 8.88. The molecule has 2 aromatic rings. The summed E-state index contributed by atoms with van der Waals surface area (Å²) in [6.07, 6.45) is -3.89. The van der Waals surface area contributed by atoms with E-state index in [4.69, 9.17) is 0 Å². The number of alkyl halides is 3. The standard InChI is InChI=1S/C14H9F3/c15-14(16,17)13-7-3-6-11-10-5-2-1-4-9(10)8-12(11)13/h1-7H,8H2. The second-order valence-corrected chi connectivity index (χ2v) is 4.16. The van der Waals surface area contributed by atoms with E-state index >= 15 is 0 Å². The highest BCUT2D eigenvalue weighted by Crippen LogP contribution is 2.43. The predicted molar refractivity (Wildman–Crippen MR) is 59.7 cm³/mol. The summed E-state index contributed by atoms with van der Waals surface area (Å²) in [5.74, 6) is 0. The number of hydrogen-bond acceptors (Lipinski definition) is 0. The SMILES string of the molecule is FC(F)(F)c1cccc2c1Cc1ccccc1-2. The molecular formula is C14H9F3. The minimum atomic E-state index is -4.27. The Balaban J connectivity index is 2.24. The molecule has 0 N–H and O–H groups in total. The van der Waals surface area contributed by atoms with Crippen LogP contribution in [0.2, 0.25) is 0 Å². The highest BCUT2D eigenvalue weighted by atomic mass is 19.4. The van der Waals surface area contributed by atoms with E-state index in [9.17, 15) is 13.2 Å². The van der Waals surface area contributed by atoms with E-state index in [1.54, 1.807) is 6.07 Å². The van der Waals surface area contributed by atoms with Crippen LogP contribution < -0.4 is 0 Å². The number of rotatable bonds is 0. The molecule has 0 heterocycles. The van der Waals surface area contributed by atoms with Gasteiger partial charge < -0.3 is 0 Å². The van der Waals surface area contributed by atoms with E-state index in [0.717, 1.165) is 22.8 Å². The van der Waals surface area contributed by atoms with Gasteiger partial charge in [0.25, 0.3) is 0 Å². The van der Waals surface area contributed by atoms with Crippen LogP contribution in [0.3, 0.4) is 0 Å². The molecule has 0 fully saturated rings. The maximum atomic E-state index is 12.9. The summed E-state index contributed by atoms with van der Waals surface area (Å²) in [5, 5.41) is 0. The van der Waals surface area contributed by atoms with Crippen LogP contribution >= 0.6 is 0 Å². The Hall–Kier alpha value is -1.77. The van der Waals surface area contributed by atoms with E-state index in [1.165, 1.54) is 6.07 Å². The van der Waals surface area contributed by atoms with Crippen LogP contribution in [0, 0.1) is 0 Å². The molecule has 86 valence electrons. The fourth-order valence-corrected chi connectivity index (χ4v) is 2.42. The van der Waals surface area contributed by atoms with Gasteiger partial charge in [-0.2, -0.15) is 13.2 Å². The van der Waals surface area contributed by atoms with E-state index in [-0.39, 0.29) is 0 Å². The van der Waals surface area contributed by atoms with Gasteiger partial charge in [-0.3, -0.25) is 0 Å². The largest absolute Gasteiger partial charge is 0.416 e. The normalized spacial score (nSPS) is 13.4. The number of fused-ring (bicyclic) bond motifs is 3. The third kappa shape index (κ3) is 1.54. The quantitative estimate of drug-likeness (QED) is 0.544. The van der Waals surface area contributed by atoms with E-state index in [1.807, 2.05) is 24.3 Å². The lowest BCUT2D eigenvalue weighted by molar-refractivity contribution is -0.138. The zero-order chi connectivity index (χ0) is 12.0. The summed E-state index contributed by atoms with van der Waals surface area (Å²) in [4.78, 5) is 0. The lowest BCUT2D eigenvalue weighted by Crippen LogP contribution is -2.08. The van der Waals surface area contributed by atoms with Gasteiger partial charge in [-0.1, -0.05) is 36.4 Å². The van der Waals surface area contributed by atoms with Crippen molar-refractivity contribution in [2.24, 2.45) is 0 Å². The van der Waals surface area contributed by atoms with Crippen LogP contribution in [0.4, 0.5) is 13.2 Å². The fourth-order valence-electron chi connectivity index (χ4n) is 2.42. The summed E-state index contributed by atoms with van der Waals surface area (Å²) in [6.45, 7) is 0. The van der Waals surface area contributed by atoms with Crippen molar-refractivity contribution in [2.75, 3.05) is 0 Å². The van der Waals surface area contributed by atoms with Gasteiger partial charge in [0.05, 0.1) is 5.56 Å². The molecule has 0 spiro atoms. The summed E-state index contributed by atoms with van der Waals surface area (Å²) in [7, 11) is 0. The molecule has 1 aliphatic carbocycles. The van der Waals surface area contributed by atoms with Gasteiger partial charge in [-0.25, -0.2) is 0 Å². The Kier molecular flexibility index (Phi) is 2.05. The molecule has 0 aromatic heterocycles. The Morgan fingerprint density at radius 1 is 0.824 bits per heavy atom. The first-order valence-electron chi connectivity index (χ1n) is 5.35. The van der Waals surface area contributed by atoms with Crippen molar-refractivity contribution in [1.29, 1.82) is 0 Å². The molecule has 0 nitrogen and oxygen atoms in total. The van der Waals surface area contributed by atoms with Crippen LogP contribution in [-0.2, 0) is 12.6 Å². The minimum absolute atomic E-state index is 0.376. The van der Waals surface area contributed by atoms with E-state index in [0.29, 0.717) is 12.0 Å². The highest BCUT2D eigenvalue weighted by Gasteiger charge is 2.36. The summed E-state index contributed by atoms with van der Waals surface area (Å²) >= 11 is 0. The first-order chi connectivity index (χ1) is 8.07. The summed E-state index contributed by atoms with van der Waals surface area (Å²) in [5.41, 5.74) is 2.51. The molecule has 1 aliphatic rings. The third-order valence-electron chi connectivity index (χ3n) is 3.16.